The van der Waals surface area contributed by atoms with Crippen molar-refractivity contribution in [3.05, 3.63) is 52.8 Å². The first kappa shape index (κ1) is 20.4. The number of nitrogens with one attached hydrogen (secondary N) is 1. The van der Waals surface area contributed by atoms with Crippen molar-refractivity contribution < 1.29 is 4.79 Å². The summed E-state index contributed by atoms with van der Waals surface area (Å²) in [5.41, 5.74) is 3.19. The summed E-state index contributed by atoms with van der Waals surface area (Å²) in [6.07, 6.45) is 6.66. The highest BCUT2D eigenvalue weighted by Gasteiger charge is 2.32. The minimum atomic E-state index is 0.132. The van der Waals surface area contributed by atoms with Gasteiger partial charge in [0.15, 0.2) is 5.78 Å². The molecule has 2 aromatic heterocycles. The number of anilines is 3. The molecule has 1 unspecified atom stereocenters. The van der Waals surface area contributed by atoms with Crippen molar-refractivity contribution in [2.45, 2.75) is 25.3 Å². The van der Waals surface area contributed by atoms with Gasteiger partial charge in [-0.05, 0) is 63.7 Å². The lowest BCUT2D eigenvalue weighted by Crippen LogP contribution is -2.31. The lowest BCUT2D eigenvalue weighted by atomic mass is 10.0. The average Bonchev–Trinajstić information content (AvgIpc) is 3.50. The molecule has 0 bridgehead atoms. The van der Waals surface area contributed by atoms with Crippen LogP contribution in [0.3, 0.4) is 0 Å². The number of likely N-dealkylation sites (N-methyl/N-ethyl adjacent to an activating group) is 1. The number of fused-ring (bicyclic) bond motifs is 1. The van der Waals surface area contributed by atoms with Gasteiger partial charge in [-0.25, -0.2) is 4.98 Å². The molecule has 1 aliphatic carbocycles. The molecule has 0 radical (unpaired) electrons. The molecule has 2 fully saturated rings. The van der Waals surface area contributed by atoms with Crippen LogP contribution in [0.1, 0.15) is 29.6 Å². The van der Waals surface area contributed by atoms with Crippen molar-refractivity contribution in [2.24, 2.45) is 5.92 Å². The van der Waals surface area contributed by atoms with Gasteiger partial charge < -0.3 is 15.1 Å². The molecule has 160 valence electrons. The quantitative estimate of drug-likeness (QED) is 0.508. The first-order chi connectivity index (χ1) is 15.0. The summed E-state index contributed by atoms with van der Waals surface area (Å²) >= 11 is 3.56. The first-order valence-electron chi connectivity index (χ1n) is 10.8. The lowest BCUT2D eigenvalue weighted by Gasteiger charge is -2.21. The number of halogens is 1. The highest BCUT2D eigenvalue weighted by molar-refractivity contribution is 9.10. The fourth-order valence-electron chi connectivity index (χ4n) is 4.21. The maximum Gasteiger partial charge on any atom is 0.169 e. The molecular weight excluding hydrogens is 454 g/mol. The van der Waals surface area contributed by atoms with Gasteiger partial charge >= 0.3 is 0 Å². The Balaban J connectivity index is 1.45. The second-order valence-electron chi connectivity index (χ2n) is 8.73. The highest BCUT2D eigenvalue weighted by Crippen LogP contribution is 2.38. The normalized spacial score (nSPS) is 18.7. The highest BCUT2D eigenvalue weighted by atomic mass is 79.9. The second-order valence-corrected chi connectivity index (χ2v) is 9.64. The molecule has 2 aliphatic rings. The number of Topliss-reactive ketones (excluding diaryl/α,β-unsaturated/α-hetero) is 1. The van der Waals surface area contributed by atoms with Crippen LogP contribution >= 0.6 is 15.9 Å². The molecule has 0 spiro atoms. The van der Waals surface area contributed by atoms with E-state index in [2.05, 4.69) is 56.2 Å². The molecule has 31 heavy (non-hydrogen) atoms. The van der Waals surface area contributed by atoms with E-state index in [1.807, 2.05) is 30.5 Å². The first-order valence-corrected chi connectivity index (χ1v) is 11.6. The number of aromatic nitrogens is 2. The number of hydrogen-bond acceptors (Lipinski definition) is 6. The van der Waals surface area contributed by atoms with Gasteiger partial charge in [0.25, 0.3) is 0 Å². The standard InChI is InChI=1S/C24H26BrN5O/c1-29(2)18-9-10-30(14-18)22-8-6-17(12-27-22)28-23-19-11-16(25)5-7-21(19)26-13-20(23)24(31)15-3-4-15/h5-8,11-13,15,18H,3-4,9-10,14H2,1-2H3,(H,26,28). The van der Waals surface area contributed by atoms with Crippen LogP contribution in [-0.2, 0) is 0 Å². The zero-order chi connectivity index (χ0) is 21.5. The average molecular weight is 480 g/mol. The number of benzene rings is 1. The minimum Gasteiger partial charge on any atom is -0.355 e. The third-order valence-electron chi connectivity index (χ3n) is 6.28. The number of carbonyl (C=O) groups excluding carboxylic acids is 1. The number of carbonyl (C=O) groups is 1. The van der Waals surface area contributed by atoms with Crippen LogP contribution in [0.5, 0.6) is 0 Å². The fourth-order valence-corrected chi connectivity index (χ4v) is 4.58. The second kappa shape index (κ2) is 8.20. The van der Waals surface area contributed by atoms with E-state index >= 15 is 0 Å². The predicted molar refractivity (Wildman–Crippen MR) is 128 cm³/mol. The summed E-state index contributed by atoms with van der Waals surface area (Å²) < 4.78 is 0.957. The summed E-state index contributed by atoms with van der Waals surface area (Å²) in [6, 6.07) is 10.6. The van der Waals surface area contributed by atoms with Gasteiger partial charge in [0.1, 0.15) is 5.82 Å². The topological polar surface area (TPSA) is 61.4 Å². The molecule has 0 amide bonds. The maximum absolute atomic E-state index is 12.9. The van der Waals surface area contributed by atoms with E-state index in [1.165, 1.54) is 0 Å². The Hall–Kier alpha value is -2.51. The Bertz CT molecular complexity index is 1130. The molecule has 1 saturated carbocycles. The molecule has 3 aromatic rings. The third-order valence-corrected chi connectivity index (χ3v) is 6.77. The molecule has 6 nitrogen and oxygen atoms in total. The number of nitrogens with zero attached hydrogens (tertiary/aromatic N) is 4. The van der Waals surface area contributed by atoms with Gasteiger partial charge in [0, 0.05) is 41.1 Å². The van der Waals surface area contributed by atoms with Crippen molar-refractivity contribution in [1.29, 1.82) is 0 Å². The summed E-state index contributed by atoms with van der Waals surface area (Å²) in [5.74, 6) is 1.30. The van der Waals surface area contributed by atoms with E-state index in [9.17, 15) is 4.79 Å². The van der Waals surface area contributed by atoms with Gasteiger partial charge in [-0.2, -0.15) is 0 Å². The Morgan fingerprint density at radius 3 is 2.65 bits per heavy atom. The van der Waals surface area contributed by atoms with Gasteiger partial charge in [-0.3, -0.25) is 9.78 Å². The Kier molecular flexibility index (Phi) is 5.40. The number of rotatable bonds is 6. The van der Waals surface area contributed by atoms with Crippen molar-refractivity contribution in [1.82, 2.24) is 14.9 Å². The summed E-state index contributed by atoms with van der Waals surface area (Å²) in [5, 5.41) is 4.41. The summed E-state index contributed by atoms with van der Waals surface area (Å²) in [6.45, 7) is 2.02. The van der Waals surface area contributed by atoms with E-state index in [4.69, 9.17) is 4.98 Å². The largest absolute Gasteiger partial charge is 0.355 e. The van der Waals surface area contributed by atoms with E-state index in [-0.39, 0.29) is 11.7 Å². The molecule has 1 atom stereocenters. The van der Waals surface area contributed by atoms with E-state index in [1.54, 1.807) is 6.20 Å². The van der Waals surface area contributed by atoms with Crippen LogP contribution in [0.15, 0.2) is 47.2 Å². The van der Waals surface area contributed by atoms with Crippen LogP contribution in [0.4, 0.5) is 17.2 Å². The van der Waals surface area contributed by atoms with Crippen molar-refractivity contribution in [2.75, 3.05) is 37.4 Å². The molecule has 5 rings (SSSR count). The van der Waals surface area contributed by atoms with Crippen molar-refractivity contribution in [3.8, 4) is 0 Å². The van der Waals surface area contributed by atoms with Gasteiger partial charge in [-0.15, -0.1) is 0 Å². The van der Waals surface area contributed by atoms with Crippen LogP contribution in [-0.4, -0.2) is 53.9 Å². The minimum absolute atomic E-state index is 0.132. The number of ketones is 1. The van der Waals surface area contributed by atoms with Crippen LogP contribution in [0.25, 0.3) is 10.9 Å². The van der Waals surface area contributed by atoms with Crippen LogP contribution in [0, 0.1) is 5.92 Å². The van der Waals surface area contributed by atoms with Crippen LogP contribution < -0.4 is 10.2 Å². The fraction of sp³-hybridized carbons (Fsp3) is 0.375. The van der Waals surface area contributed by atoms with Crippen molar-refractivity contribution >= 4 is 49.8 Å². The molecule has 3 heterocycles. The summed E-state index contributed by atoms with van der Waals surface area (Å²) in [7, 11) is 4.26. The van der Waals surface area contributed by atoms with Gasteiger partial charge in [-0.1, -0.05) is 15.9 Å². The smallest absolute Gasteiger partial charge is 0.169 e. The van der Waals surface area contributed by atoms with E-state index < -0.39 is 0 Å². The lowest BCUT2D eigenvalue weighted by molar-refractivity contribution is 0.0968. The van der Waals surface area contributed by atoms with Gasteiger partial charge in [0.2, 0.25) is 0 Å². The Morgan fingerprint density at radius 2 is 1.97 bits per heavy atom. The molecular formula is C24H26BrN5O. The zero-order valence-corrected chi connectivity index (χ0v) is 19.4. The number of pyridine rings is 2. The SMILES string of the molecule is CN(C)C1CCN(c2ccc(Nc3c(C(=O)C4CC4)cnc4ccc(Br)cc34)cn2)C1. The van der Waals surface area contributed by atoms with E-state index in [0.717, 1.165) is 64.9 Å². The molecule has 1 aliphatic heterocycles. The molecule has 1 aromatic carbocycles. The predicted octanol–water partition coefficient (Wildman–Crippen LogP) is 4.87. The third kappa shape index (κ3) is 4.16. The maximum atomic E-state index is 12.9. The molecule has 7 heteroatoms. The zero-order valence-electron chi connectivity index (χ0n) is 17.8. The van der Waals surface area contributed by atoms with Crippen LogP contribution in [0.2, 0.25) is 0 Å². The Labute approximate surface area is 190 Å². The Morgan fingerprint density at radius 1 is 1.13 bits per heavy atom. The van der Waals surface area contributed by atoms with Gasteiger partial charge in [0.05, 0.1) is 28.7 Å². The monoisotopic (exact) mass is 479 g/mol. The number of hydrogen-bond donors (Lipinski definition) is 1. The summed E-state index contributed by atoms with van der Waals surface area (Å²) in [4.78, 5) is 26.8. The molecule has 1 saturated heterocycles. The van der Waals surface area contributed by atoms with Crippen molar-refractivity contribution in [3.63, 3.8) is 0 Å². The molecule has 1 N–H and O–H groups in total. The van der Waals surface area contributed by atoms with E-state index in [0.29, 0.717) is 11.6 Å².